The van der Waals surface area contributed by atoms with Gasteiger partial charge in [-0.25, -0.2) is 0 Å². The van der Waals surface area contributed by atoms with Crippen LogP contribution in [0.25, 0.3) is 11.0 Å². The predicted molar refractivity (Wildman–Crippen MR) is 83.7 cm³/mol. The van der Waals surface area contributed by atoms with Crippen LogP contribution in [0.1, 0.15) is 19.3 Å². The van der Waals surface area contributed by atoms with E-state index in [0.717, 1.165) is 49.6 Å². The van der Waals surface area contributed by atoms with Crippen molar-refractivity contribution in [3.05, 3.63) is 17.2 Å². The second kappa shape index (κ2) is 4.90. The fraction of sp³-hybridized carbons (Fsp3) is 0.500. The molecule has 0 radical (unpaired) electrons. The fourth-order valence-electron chi connectivity index (χ4n) is 3.35. The van der Waals surface area contributed by atoms with Gasteiger partial charge in [0.25, 0.3) is 0 Å². The number of fused-ring (bicyclic) bond motifs is 1. The Bertz CT molecular complexity index is 710. The van der Waals surface area contributed by atoms with Gasteiger partial charge in [-0.1, -0.05) is 11.6 Å². The molecule has 2 fully saturated rings. The molecular weight excluding hydrogens is 308 g/mol. The number of amides is 1. The predicted octanol–water partition coefficient (Wildman–Crippen LogP) is 2.67. The van der Waals surface area contributed by atoms with Gasteiger partial charge in [-0.05, 0) is 49.9 Å². The normalized spacial score (nSPS) is 23.4. The molecule has 110 valence electrons. The number of carbonyl (C=O) groups is 1. The first kappa shape index (κ1) is 13.4. The van der Waals surface area contributed by atoms with Crippen LogP contribution in [0.2, 0.25) is 5.02 Å². The molecule has 1 spiro atoms. The highest BCUT2D eigenvalue weighted by atomic mass is 35.5. The van der Waals surface area contributed by atoms with Crippen LogP contribution in [0, 0.1) is 11.3 Å². The number of piperidine rings is 1. The molecule has 1 aromatic carbocycles. The molecule has 2 N–H and O–H groups in total. The Labute approximate surface area is 131 Å². The minimum Gasteiger partial charge on any atom is -0.323 e. The number of nitrogens with one attached hydrogen (secondary N) is 2. The maximum Gasteiger partial charge on any atom is 0.228 e. The average Bonchev–Trinajstić information content (AvgIpc) is 2.97. The lowest BCUT2D eigenvalue weighted by Crippen LogP contribution is -2.31. The monoisotopic (exact) mass is 322 g/mol. The van der Waals surface area contributed by atoms with Crippen LogP contribution in [0.5, 0.6) is 0 Å². The summed E-state index contributed by atoms with van der Waals surface area (Å²) in [6.07, 6.45) is 3.16. The summed E-state index contributed by atoms with van der Waals surface area (Å²) in [4.78, 5) is 12.5. The largest absolute Gasteiger partial charge is 0.323 e. The number of anilines is 1. The van der Waals surface area contributed by atoms with Crippen LogP contribution >= 0.6 is 23.3 Å². The van der Waals surface area contributed by atoms with Crippen LogP contribution in [0.4, 0.5) is 5.69 Å². The van der Waals surface area contributed by atoms with E-state index >= 15 is 0 Å². The lowest BCUT2D eigenvalue weighted by Gasteiger charge is -2.23. The molecule has 1 aromatic heterocycles. The van der Waals surface area contributed by atoms with E-state index in [1.165, 1.54) is 0 Å². The zero-order chi connectivity index (χ0) is 14.4. The van der Waals surface area contributed by atoms with Gasteiger partial charge >= 0.3 is 0 Å². The number of carbonyl (C=O) groups excluding carboxylic acids is 1. The van der Waals surface area contributed by atoms with E-state index in [1.54, 1.807) is 6.07 Å². The maximum absolute atomic E-state index is 12.5. The van der Waals surface area contributed by atoms with Crippen molar-refractivity contribution in [2.24, 2.45) is 11.3 Å². The second-order valence-electron chi connectivity index (χ2n) is 5.91. The number of rotatable bonds is 2. The van der Waals surface area contributed by atoms with Gasteiger partial charge in [-0.3, -0.25) is 4.79 Å². The molecule has 1 aliphatic carbocycles. The molecule has 1 saturated carbocycles. The Hall–Kier alpha value is -1.24. The molecule has 1 atom stereocenters. The van der Waals surface area contributed by atoms with Crippen LogP contribution in [0.3, 0.4) is 0 Å². The topological polar surface area (TPSA) is 66.9 Å². The molecule has 1 saturated heterocycles. The van der Waals surface area contributed by atoms with Gasteiger partial charge in [0.1, 0.15) is 11.0 Å². The van der Waals surface area contributed by atoms with E-state index in [4.69, 9.17) is 11.6 Å². The van der Waals surface area contributed by atoms with Crippen LogP contribution in [0.15, 0.2) is 12.1 Å². The lowest BCUT2D eigenvalue weighted by molar-refractivity contribution is -0.118. The van der Waals surface area contributed by atoms with Crippen molar-refractivity contribution in [2.75, 3.05) is 18.4 Å². The van der Waals surface area contributed by atoms with Gasteiger partial charge in [0.05, 0.1) is 22.4 Å². The summed E-state index contributed by atoms with van der Waals surface area (Å²) in [5.74, 6) is 0.178. The molecule has 2 aromatic rings. The number of halogens is 1. The zero-order valence-electron chi connectivity index (χ0n) is 11.4. The quantitative estimate of drug-likeness (QED) is 0.892. The van der Waals surface area contributed by atoms with E-state index < -0.39 is 0 Å². The number of hydrogen-bond acceptors (Lipinski definition) is 5. The number of aromatic nitrogens is 2. The summed E-state index contributed by atoms with van der Waals surface area (Å²) in [6.45, 7) is 2.02. The third-order valence-corrected chi connectivity index (χ3v) is 5.59. The van der Waals surface area contributed by atoms with Crippen LogP contribution in [-0.4, -0.2) is 27.7 Å². The Morgan fingerprint density at radius 3 is 3.00 bits per heavy atom. The summed E-state index contributed by atoms with van der Waals surface area (Å²) in [5.41, 5.74) is 2.27. The van der Waals surface area contributed by atoms with E-state index in [1.807, 2.05) is 6.07 Å². The minimum absolute atomic E-state index is 0.0688. The molecule has 5 nitrogen and oxygen atoms in total. The molecule has 4 rings (SSSR count). The molecule has 7 heteroatoms. The number of hydrogen-bond donors (Lipinski definition) is 2. The molecule has 0 bridgehead atoms. The first-order valence-corrected chi connectivity index (χ1v) is 8.23. The molecule has 21 heavy (non-hydrogen) atoms. The Kier molecular flexibility index (Phi) is 3.13. The third-order valence-electron chi connectivity index (χ3n) is 4.73. The van der Waals surface area contributed by atoms with E-state index in [0.29, 0.717) is 16.2 Å². The third kappa shape index (κ3) is 2.22. The van der Waals surface area contributed by atoms with Crippen molar-refractivity contribution in [3.8, 4) is 0 Å². The van der Waals surface area contributed by atoms with E-state index in [9.17, 15) is 4.79 Å². The van der Waals surface area contributed by atoms with Crippen molar-refractivity contribution in [3.63, 3.8) is 0 Å². The van der Waals surface area contributed by atoms with Crippen LogP contribution in [-0.2, 0) is 4.79 Å². The Morgan fingerprint density at radius 2 is 2.19 bits per heavy atom. The minimum atomic E-state index is 0.0688. The first-order chi connectivity index (χ1) is 10.2. The van der Waals surface area contributed by atoms with Crippen molar-refractivity contribution < 1.29 is 4.79 Å². The van der Waals surface area contributed by atoms with Gasteiger partial charge in [-0.2, -0.15) is 8.75 Å². The highest BCUT2D eigenvalue weighted by Crippen LogP contribution is 2.58. The van der Waals surface area contributed by atoms with Gasteiger partial charge in [0, 0.05) is 5.92 Å². The summed E-state index contributed by atoms with van der Waals surface area (Å²) < 4.78 is 8.42. The molecule has 1 aliphatic heterocycles. The molecule has 2 aliphatic rings. The number of nitrogens with zero attached hydrogens (tertiary/aromatic N) is 2. The highest BCUT2D eigenvalue weighted by Gasteiger charge is 2.57. The standard InChI is InChI=1S/C14H15ClN4OS/c15-9-1-2-10-12(19-21-18-10)11(9)17-13(20)8-7-14(8)3-5-16-6-4-14/h1-2,8,16H,3-7H2,(H,17,20). The van der Waals surface area contributed by atoms with Gasteiger partial charge in [0.2, 0.25) is 5.91 Å². The Balaban J connectivity index is 1.57. The molecular formula is C14H15ClN4OS. The first-order valence-electron chi connectivity index (χ1n) is 7.12. The molecule has 1 amide bonds. The summed E-state index contributed by atoms with van der Waals surface area (Å²) in [6, 6.07) is 3.58. The summed E-state index contributed by atoms with van der Waals surface area (Å²) in [7, 11) is 0. The van der Waals surface area contributed by atoms with Crippen LogP contribution < -0.4 is 10.6 Å². The average molecular weight is 323 g/mol. The van der Waals surface area contributed by atoms with Crippen molar-refractivity contribution >= 4 is 46.0 Å². The maximum atomic E-state index is 12.5. The van der Waals surface area contributed by atoms with Gasteiger partial charge in [-0.15, -0.1) is 0 Å². The fourth-order valence-corrected chi connectivity index (χ4v) is 4.09. The van der Waals surface area contributed by atoms with E-state index in [2.05, 4.69) is 19.4 Å². The summed E-state index contributed by atoms with van der Waals surface area (Å²) >= 11 is 7.35. The van der Waals surface area contributed by atoms with Crippen molar-refractivity contribution in [1.82, 2.24) is 14.1 Å². The van der Waals surface area contributed by atoms with E-state index in [-0.39, 0.29) is 17.2 Å². The van der Waals surface area contributed by atoms with Crippen molar-refractivity contribution in [1.29, 1.82) is 0 Å². The van der Waals surface area contributed by atoms with Crippen molar-refractivity contribution in [2.45, 2.75) is 19.3 Å². The number of benzene rings is 1. The van der Waals surface area contributed by atoms with Gasteiger partial charge < -0.3 is 10.6 Å². The summed E-state index contributed by atoms with van der Waals surface area (Å²) in [5, 5.41) is 6.85. The Morgan fingerprint density at radius 1 is 1.38 bits per heavy atom. The highest BCUT2D eigenvalue weighted by molar-refractivity contribution is 7.00. The zero-order valence-corrected chi connectivity index (χ0v) is 12.9. The second-order valence-corrected chi connectivity index (χ2v) is 6.85. The van der Waals surface area contributed by atoms with Gasteiger partial charge in [0.15, 0.2) is 0 Å². The SMILES string of the molecule is O=C(Nc1c(Cl)ccc2nsnc12)C1CC12CCNCC2. The molecule has 2 heterocycles. The smallest absolute Gasteiger partial charge is 0.228 e. The lowest BCUT2D eigenvalue weighted by atomic mass is 9.92. The molecule has 1 unspecified atom stereocenters.